The number of hydrogen-bond acceptors (Lipinski definition) is 9. The van der Waals surface area contributed by atoms with Crippen molar-refractivity contribution in [3.8, 4) is 33.8 Å². The number of aromatic amines is 2. The van der Waals surface area contributed by atoms with E-state index in [-0.39, 0.29) is 35.7 Å². The Labute approximate surface area is 342 Å². The van der Waals surface area contributed by atoms with Crippen LogP contribution in [-0.4, -0.2) is 113 Å². The summed E-state index contributed by atoms with van der Waals surface area (Å²) < 4.78 is 4.75. The van der Waals surface area contributed by atoms with Crippen molar-refractivity contribution >= 4 is 35.0 Å². The maximum atomic E-state index is 13.7. The maximum Gasteiger partial charge on any atom is 0.407 e. The molecule has 7 rings (SSSR count). The second kappa shape index (κ2) is 17.3. The van der Waals surface area contributed by atoms with E-state index in [2.05, 4.69) is 20.3 Å². The van der Waals surface area contributed by atoms with E-state index in [9.17, 15) is 24.3 Å². The zero-order valence-electron chi connectivity index (χ0n) is 34.3. The van der Waals surface area contributed by atoms with Crippen LogP contribution in [0.3, 0.4) is 0 Å². The molecule has 0 radical (unpaired) electrons. The molecule has 4 atom stereocenters. The van der Waals surface area contributed by atoms with Gasteiger partial charge in [-0.1, -0.05) is 58.0 Å². The van der Waals surface area contributed by atoms with Gasteiger partial charge in [0.25, 0.3) is 0 Å². The summed E-state index contributed by atoms with van der Waals surface area (Å²) in [6.07, 6.45) is 7.18. The first-order valence-corrected chi connectivity index (χ1v) is 20.2. The van der Waals surface area contributed by atoms with Gasteiger partial charge in [0.1, 0.15) is 23.7 Å². The Morgan fingerprint density at radius 3 is 2.14 bits per heavy atom. The number of carbonyl (C=O) groups excluding carboxylic acids is 3. The van der Waals surface area contributed by atoms with Crippen LogP contribution in [0.25, 0.3) is 44.8 Å². The topological polar surface area (TPSA) is 203 Å². The number of nitrogens with one attached hydrogen (secondary N) is 3. The van der Waals surface area contributed by atoms with Gasteiger partial charge in [0.2, 0.25) is 11.8 Å². The average Bonchev–Trinajstić information content (AvgIpc) is 4.07. The van der Waals surface area contributed by atoms with Gasteiger partial charge in [-0.05, 0) is 56.1 Å². The molecule has 0 spiro atoms. The number of carbonyl (C=O) groups is 4. The van der Waals surface area contributed by atoms with E-state index in [4.69, 9.17) is 19.7 Å². The van der Waals surface area contributed by atoms with Crippen LogP contribution in [0.5, 0.6) is 0 Å². The Bertz CT molecular complexity index is 2320. The van der Waals surface area contributed by atoms with E-state index in [0.29, 0.717) is 36.7 Å². The van der Waals surface area contributed by atoms with Crippen molar-refractivity contribution < 1.29 is 29.0 Å². The molecule has 16 nitrogen and oxygen atoms in total. The van der Waals surface area contributed by atoms with Gasteiger partial charge in [-0.25, -0.2) is 24.5 Å². The first-order valence-electron chi connectivity index (χ1n) is 20.2. The Hall–Kier alpha value is -6.32. The number of ether oxygens (including phenoxy) is 1. The molecule has 16 heteroatoms. The van der Waals surface area contributed by atoms with Crippen LogP contribution in [0.2, 0.25) is 0 Å². The van der Waals surface area contributed by atoms with Gasteiger partial charge in [-0.2, -0.15) is 0 Å². The summed E-state index contributed by atoms with van der Waals surface area (Å²) in [5, 5.41) is 12.4. The van der Waals surface area contributed by atoms with Gasteiger partial charge < -0.3 is 34.9 Å². The molecule has 59 heavy (non-hydrogen) atoms. The SMILES string of the molecule is COC(=O)N[C@H](C(=O)N1CCC[C@H]1c1nc(-c2ccc(-c3cnc4cc(-c5cnc([C@@H]6CCCN6C(=O)[C@@H](CC(C)C)N(C)C(=O)O)[nH]5)ccc4n3)cc2)c[nH]1)C(C)C. The van der Waals surface area contributed by atoms with Crippen LogP contribution in [0, 0.1) is 11.8 Å². The van der Waals surface area contributed by atoms with E-state index in [1.807, 2.05) is 76.4 Å². The normalized spacial score (nSPS) is 17.8. The monoisotopic (exact) mass is 804 g/mol. The minimum atomic E-state index is -1.12. The molecular weight excluding hydrogens is 753 g/mol. The average molecular weight is 805 g/mol. The van der Waals surface area contributed by atoms with Crippen LogP contribution in [0.15, 0.2) is 61.1 Å². The first kappa shape index (κ1) is 40.9. The van der Waals surface area contributed by atoms with E-state index in [0.717, 1.165) is 69.9 Å². The fourth-order valence-corrected chi connectivity index (χ4v) is 8.14. The molecule has 4 N–H and O–H groups in total. The predicted molar refractivity (Wildman–Crippen MR) is 221 cm³/mol. The van der Waals surface area contributed by atoms with E-state index in [1.165, 1.54) is 14.2 Å². The van der Waals surface area contributed by atoms with Crippen LogP contribution >= 0.6 is 0 Å². The second-order valence-electron chi connectivity index (χ2n) is 16.2. The predicted octanol–water partition coefficient (Wildman–Crippen LogP) is 6.81. The third kappa shape index (κ3) is 8.61. The van der Waals surface area contributed by atoms with Crippen LogP contribution < -0.4 is 5.32 Å². The zero-order valence-corrected chi connectivity index (χ0v) is 34.3. The number of likely N-dealkylation sites (N-methyl/N-ethyl adjacent to an activating group) is 1. The molecule has 2 aromatic carbocycles. The molecule has 5 heterocycles. The summed E-state index contributed by atoms with van der Waals surface area (Å²) in [4.78, 5) is 81.6. The number of H-pyrrole nitrogens is 2. The standard InChI is InChI=1S/C43H52N10O6/c1-24(2)19-36(51(5)43(57)58)40(54)52-17-7-9-34(52)38-46-23-33(49-38)28-15-16-29-30(20-28)44-21-31(47-29)26-11-13-27(14-12-26)32-22-45-39(48-32)35-10-8-18-53(35)41(55)37(25(3)4)50-42(56)59-6/h11-16,20-25,34-37H,7-10,17-19H2,1-6H3,(H,45,48)(H,46,49)(H,50,56)(H,57,58)/t34-,35-,36+,37-/m0/s1. The highest BCUT2D eigenvalue weighted by Gasteiger charge is 2.39. The number of alkyl carbamates (subject to hydrolysis) is 1. The summed E-state index contributed by atoms with van der Waals surface area (Å²) in [5.41, 5.74) is 6.39. The Balaban J connectivity index is 1.03. The molecule has 0 aliphatic carbocycles. The third-order valence-electron chi connectivity index (χ3n) is 11.4. The summed E-state index contributed by atoms with van der Waals surface area (Å²) in [6, 6.07) is 11.8. The molecule has 2 saturated heterocycles. The molecule has 0 saturated carbocycles. The maximum absolute atomic E-state index is 13.7. The lowest BCUT2D eigenvalue weighted by atomic mass is 10.0. The van der Waals surface area contributed by atoms with Crippen molar-refractivity contribution in [2.24, 2.45) is 11.8 Å². The highest BCUT2D eigenvalue weighted by atomic mass is 16.5. The molecule has 2 aliphatic heterocycles. The van der Waals surface area contributed by atoms with Crippen molar-refractivity contribution in [2.75, 3.05) is 27.2 Å². The number of amides is 4. The molecule has 0 unspecified atom stereocenters. The molecule has 0 bridgehead atoms. The molecule has 3 aromatic heterocycles. The fourth-order valence-electron chi connectivity index (χ4n) is 8.14. The molecule has 2 fully saturated rings. The van der Waals surface area contributed by atoms with E-state index in [1.54, 1.807) is 22.2 Å². The molecule has 310 valence electrons. The highest BCUT2D eigenvalue weighted by molar-refractivity contribution is 5.87. The summed E-state index contributed by atoms with van der Waals surface area (Å²) in [7, 11) is 2.74. The molecule has 5 aromatic rings. The number of likely N-dealkylation sites (tertiary alicyclic amines) is 2. The summed E-state index contributed by atoms with van der Waals surface area (Å²) in [6.45, 7) is 8.88. The zero-order chi connectivity index (χ0) is 42.0. The smallest absolute Gasteiger partial charge is 0.407 e. The molecular formula is C43H52N10O6. The largest absolute Gasteiger partial charge is 0.465 e. The Morgan fingerprint density at radius 2 is 1.49 bits per heavy atom. The summed E-state index contributed by atoms with van der Waals surface area (Å²) >= 11 is 0. The quantitative estimate of drug-likeness (QED) is 0.104. The Morgan fingerprint density at radius 1 is 0.847 bits per heavy atom. The van der Waals surface area contributed by atoms with Gasteiger partial charge in [-0.15, -0.1) is 0 Å². The highest BCUT2D eigenvalue weighted by Crippen LogP contribution is 2.35. The molecule has 2 aliphatic rings. The number of fused-ring (bicyclic) bond motifs is 1. The minimum Gasteiger partial charge on any atom is -0.465 e. The minimum absolute atomic E-state index is 0.116. The van der Waals surface area contributed by atoms with Crippen LogP contribution in [0.1, 0.15) is 83.5 Å². The number of aromatic nitrogens is 6. The fraction of sp³-hybridized carbons (Fsp3) is 0.442. The van der Waals surface area contributed by atoms with E-state index >= 15 is 0 Å². The van der Waals surface area contributed by atoms with Crippen molar-refractivity contribution in [1.29, 1.82) is 0 Å². The number of methoxy groups -OCH3 is 1. The van der Waals surface area contributed by atoms with Gasteiger partial charge in [0.15, 0.2) is 0 Å². The van der Waals surface area contributed by atoms with Crippen molar-refractivity contribution in [3.05, 3.63) is 72.7 Å². The number of hydrogen-bond donors (Lipinski definition) is 4. The first-order chi connectivity index (χ1) is 28.3. The second-order valence-corrected chi connectivity index (χ2v) is 16.2. The number of carboxylic acid groups (broad SMARTS) is 1. The molecule has 4 amide bonds. The summed E-state index contributed by atoms with van der Waals surface area (Å²) in [5.74, 6) is 1.06. The van der Waals surface area contributed by atoms with E-state index < -0.39 is 24.3 Å². The van der Waals surface area contributed by atoms with Crippen molar-refractivity contribution in [2.45, 2.75) is 84.0 Å². The number of benzene rings is 2. The van der Waals surface area contributed by atoms with Gasteiger partial charge in [-0.3, -0.25) is 19.5 Å². The number of nitrogens with zero attached hydrogens (tertiary/aromatic N) is 7. The lowest BCUT2D eigenvalue weighted by molar-refractivity contribution is -0.137. The van der Waals surface area contributed by atoms with Crippen LogP contribution in [0.4, 0.5) is 9.59 Å². The van der Waals surface area contributed by atoms with Gasteiger partial charge in [0, 0.05) is 43.0 Å². The van der Waals surface area contributed by atoms with Crippen molar-refractivity contribution in [3.63, 3.8) is 0 Å². The van der Waals surface area contributed by atoms with Crippen LogP contribution in [-0.2, 0) is 14.3 Å². The lowest BCUT2D eigenvalue weighted by Gasteiger charge is -2.32. The number of imidazole rings is 2. The Kier molecular flexibility index (Phi) is 12.0. The number of rotatable bonds is 12. The van der Waals surface area contributed by atoms with Gasteiger partial charge in [0.05, 0.1) is 59.7 Å². The lowest BCUT2D eigenvalue weighted by Crippen LogP contribution is -2.51. The van der Waals surface area contributed by atoms with Crippen molar-refractivity contribution in [1.82, 2.24) is 49.9 Å². The van der Waals surface area contributed by atoms with Gasteiger partial charge >= 0.3 is 12.2 Å². The third-order valence-corrected chi connectivity index (χ3v) is 11.4.